The van der Waals surface area contributed by atoms with Gasteiger partial charge in [0.1, 0.15) is 5.82 Å². The summed E-state index contributed by atoms with van der Waals surface area (Å²) in [4.78, 5) is 0. The molecule has 2 nitrogen and oxygen atoms in total. The molecule has 94 valence electrons. The van der Waals surface area contributed by atoms with Gasteiger partial charge in [-0.05, 0) is 36.6 Å². The van der Waals surface area contributed by atoms with Crippen LogP contribution in [0.25, 0.3) is 0 Å². The Kier molecular flexibility index (Phi) is 4.70. The molecule has 0 aromatic heterocycles. The predicted molar refractivity (Wildman–Crippen MR) is 71.8 cm³/mol. The Labute approximate surface area is 112 Å². The lowest BCUT2D eigenvalue weighted by atomic mass is 10.1. The van der Waals surface area contributed by atoms with E-state index in [9.17, 15) is 8.60 Å². The fourth-order valence-corrected chi connectivity index (χ4v) is 3.62. The van der Waals surface area contributed by atoms with E-state index in [1.54, 1.807) is 6.07 Å². The van der Waals surface area contributed by atoms with Crippen LogP contribution in [0.3, 0.4) is 0 Å². The maximum Gasteiger partial charge on any atom is 0.123 e. The third-order valence-corrected chi connectivity index (χ3v) is 5.13. The highest BCUT2D eigenvalue weighted by atomic mass is 79.9. The molecule has 1 N–H and O–H groups in total. The van der Waals surface area contributed by atoms with Crippen LogP contribution in [0, 0.1) is 5.82 Å². The van der Waals surface area contributed by atoms with Crippen LogP contribution in [0.2, 0.25) is 0 Å². The van der Waals surface area contributed by atoms with Crippen LogP contribution in [-0.2, 0) is 17.3 Å². The maximum absolute atomic E-state index is 13.1. The number of nitrogens with one attached hydrogen (secondary N) is 1. The van der Waals surface area contributed by atoms with E-state index in [1.165, 1.54) is 12.1 Å². The summed E-state index contributed by atoms with van der Waals surface area (Å²) in [6.45, 7) is 0.648. The summed E-state index contributed by atoms with van der Waals surface area (Å²) in [7, 11) is -0.626. The number of benzene rings is 1. The molecule has 1 aromatic carbocycles. The summed E-state index contributed by atoms with van der Waals surface area (Å²) < 4.78 is 25.2. The minimum Gasteiger partial charge on any atom is -0.310 e. The van der Waals surface area contributed by atoms with E-state index in [0.29, 0.717) is 12.6 Å². The van der Waals surface area contributed by atoms with Crippen LogP contribution in [-0.4, -0.2) is 21.8 Å². The number of hydrogen-bond donors (Lipinski definition) is 1. The van der Waals surface area contributed by atoms with Crippen molar-refractivity contribution in [3.8, 4) is 0 Å². The van der Waals surface area contributed by atoms with Gasteiger partial charge in [0.2, 0.25) is 0 Å². The standard InChI is InChI=1S/C12H15BrFNOS/c13-12-2-1-10(14)7-9(12)8-15-11-3-5-17(16)6-4-11/h1-2,7,11,15H,3-6,8H2. The lowest BCUT2D eigenvalue weighted by molar-refractivity contribution is 0.474. The average molecular weight is 320 g/mol. The lowest BCUT2D eigenvalue weighted by Crippen LogP contribution is -2.35. The van der Waals surface area contributed by atoms with E-state index < -0.39 is 10.8 Å². The molecule has 1 saturated heterocycles. The van der Waals surface area contributed by atoms with Crippen molar-refractivity contribution in [2.24, 2.45) is 0 Å². The Bertz CT molecular complexity index is 417. The average Bonchev–Trinajstić information content (AvgIpc) is 2.32. The van der Waals surface area contributed by atoms with Crippen molar-refractivity contribution >= 4 is 26.7 Å². The van der Waals surface area contributed by atoms with Crippen molar-refractivity contribution in [2.45, 2.75) is 25.4 Å². The molecular formula is C12H15BrFNOS. The van der Waals surface area contributed by atoms with Gasteiger partial charge in [0.15, 0.2) is 0 Å². The van der Waals surface area contributed by atoms with Gasteiger partial charge in [-0.25, -0.2) is 4.39 Å². The highest BCUT2D eigenvalue weighted by Gasteiger charge is 2.17. The maximum atomic E-state index is 13.1. The number of halogens is 2. The Morgan fingerprint density at radius 2 is 2.12 bits per heavy atom. The van der Waals surface area contributed by atoms with Crippen LogP contribution >= 0.6 is 15.9 Å². The van der Waals surface area contributed by atoms with Crippen LogP contribution in [0.15, 0.2) is 22.7 Å². The first kappa shape index (κ1) is 13.2. The van der Waals surface area contributed by atoms with Crippen molar-refractivity contribution in [2.75, 3.05) is 11.5 Å². The molecule has 1 heterocycles. The van der Waals surface area contributed by atoms with Gasteiger partial charge in [-0.3, -0.25) is 4.21 Å². The summed E-state index contributed by atoms with van der Waals surface area (Å²) in [6.07, 6.45) is 1.89. The second-order valence-electron chi connectivity index (χ2n) is 4.24. The molecule has 2 rings (SSSR count). The smallest absolute Gasteiger partial charge is 0.123 e. The van der Waals surface area contributed by atoms with Crippen molar-refractivity contribution in [1.29, 1.82) is 0 Å². The zero-order chi connectivity index (χ0) is 12.3. The molecule has 0 unspecified atom stereocenters. The van der Waals surface area contributed by atoms with E-state index in [0.717, 1.165) is 34.4 Å². The van der Waals surface area contributed by atoms with Crippen LogP contribution in [0.1, 0.15) is 18.4 Å². The van der Waals surface area contributed by atoms with Crippen molar-refractivity contribution < 1.29 is 8.60 Å². The summed E-state index contributed by atoms with van der Waals surface area (Å²) in [5.41, 5.74) is 0.927. The lowest BCUT2D eigenvalue weighted by Gasteiger charge is -2.22. The molecule has 0 saturated carbocycles. The molecule has 1 fully saturated rings. The van der Waals surface area contributed by atoms with Crippen molar-refractivity contribution in [3.05, 3.63) is 34.1 Å². The Morgan fingerprint density at radius 3 is 2.82 bits per heavy atom. The zero-order valence-electron chi connectivity index (χ0n) is 9.42. The van der Waals surface area contributed by atoms with Gasteiger partial charge in [-0.15, -0.1) is 0 Å². The van der Waals surface area contributed by atoms with Gasteiger partial charge >= 0.3 is 0 Å². The van der Waals surface area contributed by atoms with E-state index >= 15 is 0 Å². The fourth-order valence-electron chi connectivity index (χ4n) is 1.93. The van der Waals surface area contributed by atoms with E-state index in [1.807, 2.05) is 0 Å². The molecule has 1 aliphatic rings. The van der Waals surface area contributed by atoms with E-state index in [2.05, 4.69) is 21.2 Å². The topological polar surface area (TPSA) is 29.1 Å². The largest absolute Gasteiger partial charge is 0.310 e. The normalized spacial score (nSPS) is 24.8. The van der Waals surface area contributed by atoms with E-state index in [-0.39, 0.29) is 5.82 Å². The minimum absolute atomic E-state index is 0.213. The Morgan fingerprint density at radius 1 is 1.41 bits per heavy atom. The summed E-state index contributed by atoms with van der Waals surface area (Å²) in [5, 5.41) is 3.40. The first-order chi connectivity index (χ1) is 8.15. The van der Waals surface area contributed by atoms with Gasteiger partial charge < -0.3 is 5.32 Å². The third kappa shape index (κ3) is 3.86. The number of rotatable bonds is 3. The Hall–Kier alpha value is -0.260. The third-order valence-electron chi connectivity index (χ3n) is 2.98. The van der Waals surface area contributed by atoms with Gasteiger partial charge in [-0.1, -0.05) is 15.9 Å². The van der Waals surface area contributed by atoms with Crippen molar-refractivity contribution in [1.82, 2.24) is 5.32 Å². The summed E-state index contributed by atoms with van der Waals surface area (Å²) >= 11 is 3.41. The van der Waals surface area contributed by atoms with Gasteiger partial charge in [-0.2, -0.15) is 0 Å². The SMILES string of the molecule is O=S1CCC(NCc2cc(F)ccc2Br)CC1. The highest BCUT2D eigenvalue weighted by molar-refractivity contribution is 9.10. The molecule has 0 bridgehead atoms. The highest BCUT2D eigenvalue weighted by Crippen LogP contribution is 2.18. The number of hydrogen-bond acceptors (Lipinski definition) is 2. The summed E-state index contributed by atoms with van der Waals surface area (Å²) in [5.74, 6) is 1.35. The molecule has 5 heteroatoms. The van der Waals surface area contributed by atoms with Gasteiger partial charge in [0, 0.05) is 39.4 Å². The molecule has 1 aliphatic heterocycles. The monoisotopic (exact) mass is 319 g/mol. The first-order valence-corrected chi connectivity index (χ1v) is 7.95. The molecule has 1 aromatic rings. The fraction of sp³-hybridized carbons (Fsp3) is 0.500. The predicted octanol–water partition coefficient (Wildman–Crippen LogP) is 2.59. The van der Waals surface area contributed by atoms with Gasteiger partial charge in [0.05, 0.1) is 0 Å². The molecular weight excluding hydrogens is 305 g/mol. The van der Waals surface area contributed by atoms with Gasteiger partial charge in [0.25, 0.3) is 0 Å². The molecule has 0 radical (unpaired) electrons. The van der Waals surface area contributed by atoms with Crippen LogP contribution in [0.4, 0.5) is 4.39 Å². The van der Waals surface area contributed by atoms with Crippen LogP contribution < -0.4 is 5.32 Å². The molecule has 0 atom stereocenters. The molecule has 0 amide bonds. The van der Waals surface area contributed by atoms with E-state index in [4.69, 9.17) is 0 Å². The molecule has 0 aliphatic carbocycles. The minimum atomic E-state index is -0.626. The quantitative estimate of drug-likeness (QED) is 0.927. The first-order valence-electron chi connectivity index (χ1n) is 5.67. The Balaban J connectivity index is 1.89. The second kappa shape index (κ2) is 6.07. The second-order valence-corrected chi connectivity index (χ2v) is 6.79. The zero-order valence-corrected chi connectivity index (χ0v) is 11.8. The van der Waals surface area contributed by atoms with Crippen LogP contribution in [0.5, 0.6) is 0 Å². The summed E-state index contributed by atoms with van der Waals surface area (Å²) in [6, 6.07) is 5.11. The van der Waals surface area contributed by atoms with Crippen molar-refractivity contribution in [3.63, 3.8) is 0 Å². The molecule has 0 spiro atoms. The molecule has 17 heavy (non-hydrogen) atoms.